The third kappa shape index (κ3) is 3.40. The summed E-state index contributed by atoms with van der Waals surface area (Å²) in [6.07, 6.45) is 2.83. The van der Waals surface area contributed by atoms with E-state index >= 15 is 0 Å². The Hall–Kier alpha value is -2.04. The van der Waals surface area contributed by atoms with Crippen LogP contribution in [-0.2, 0) is 23.3 Å². The van der Waals surface area contributed by atoms with E-state index in [1.54, 1.807) is 23.1 Å². The van der Waals surface area contributed by atoms with Gasteiger partial charge in [0, 0.05) is 32.2 Å². The van der Waals surface area contributed by atoms with Crippen molar-refractivity contribution in [3.63, 3.8) is 0 Å². The average Bonchev–Trinajstić information content (AvgIpc) is 2.86. The fraction of sp³-hybridized carbons (Fsp3) is 0.500. The zero-order chi connectivity index (χ0) is 17.3. The molecule has 0 bridgehead atoms. The quantitative estimate of drug-likeness (QED) is 0.772. The lowest BCUT2D eigenvalue weighted by Gasteiger charge is -2.26. The van der Waals surface area contributed by atoms with Crippen LogP contribution in [0.25, 0.3) is 0 Å². The van der Waals surface area contributed by atoms with E-state index in [1.165, 1.54) is 22.7 Å². The van der Waals surface area contributed by atoms with Crippen LogP contribution in [0.3, 0.4) is 0 Å². The molecule has 0 spiro atoms. The highest BCUT2D eigenvalue weighted by Crippen LogP contribution is 2.19. The lowest BCUT2D eigenvalue weighted by atomic mass is 10.3. The van der Waals surface area contributed by atoms with Gasteiger partial charge in [0.25, 0.3) is 10.2 Å². The number of aromatic nitrogens is 4. The van der Waals surface area contributed by atoms with E-state index in [9.17, 15) is 8.42 Å². The second kappa shape index (κ2) is 6.46. The Morgan fingerprint density at radius 2 is 2.04 bits per heavy atom. The fourth-order valence-corrected chi connectivity index (χ4v) is 3.61. The Labute approximate surface area is 141 Å². The van der Waals surface area contributed by atoms with E-state index in [0.717, 1.165) is 11.4 Å². The highest BCUT2D eigenvalue weighted by Gasteiger charge is 2.32. The summed E-state index contributed by atoms with van der Waals surface area (Å²) in [5.74, 6) is 0. The maximum absolute atomic E-state index is 12.6. The molecule has 130 valence electrons. The summed E-state index contributed by atoms with van der Waals surface area (Å²) in [4.78, 5) is 8.31. The molecule has 2 aromatic rings. The first-order valence-corrected chi connectivity index (χ1v) is 8.90. The van der Waals surface area contributed by atoms with Gasteiger partial charge in [0.15, 0.2) is 0 Å². The molecule has 0 aromatic carbocycles. The summed E-state index contributed by atoms with van der Waals surface area (Å²) in [6, 6.07) is 3.82. The summed E-state index contributed by atoms with van der Waals surface area (Å²) in [5, 5.41) is 4.25. The van der Waals surface area contributed by atoms with Crippen molar-refractivity contribution < 1.29 is 13.2 Å². The largest absolute Gasteiger partial charge is 0.457 e. The maximum atomic E-state index is 12.6. The maximum Gasteiger partial charge on any atom is 0.316 e. The van der Waals surface area contributed by atoms with Crippen LogP contribution in [0.15, 0.2) is 24.5 Å². The van der Waals surface area contributed by atoms with Crippen molar-refractivity contribution >= 4 is 10.2 Å². The molecule has 0 saturated carbocycles. The smallest absolute Gasteiger partial charge is 0.316 e. The topological polar surface area (TPSA) is 93.5 Å². The summed E-state index contributed by atoms with van der Waals surface area (Å²) in [6.45, 7) is 2.71. The number of hydrogen-bond donors (Lipinski definition) is 0. The van der Waals surface area contributed by atoms with Crippen LogP contribution in [0.5, 0.6) is 6.01 Å². The van der Waals surface area contributed by atoms with Crippen molar-refractivity contribution in [2.75, 3.05) is 20.6 Å². The van der Waals surface area contributed by atoms with Gasteiger partial charge in [-0.1, -0.05) is 0 Å². The number of fused-ring (bicyclic) bond motifs is 1. The molecule has 9 nitrogen and oxygen atoms in total. The first kappa shape index (κ1) is 16.8. The van der Waals surface area contributed by atoms with E-state index in [4.69, 9.17) is 4.74 Å². The molecular weight excluding hydrogens is 332 g/mol. The lowest BCUT2D eigenvalue weighted by molar-refractivity contribution is 0.142. The van der Waals surface area contributed by atoms with E-state index in [0.29, 0.717) is 6.54 Å². The molecule has 0 fully saturated rings. The molecule has 3 rings (SSSR count). The number of rotatable bonds is 4. The molecule has 0 aliphatic carbocycles. The molecule has 24 heavy (non-hydrogen) atoms. The first-order valence-electron chi connectivity index (χ1n) is 7.51. The summed E-state index contributed by atoms with van der Waals surface area (Å²) in [5.41, 5.74) is 1.60. The van der Waals surface area contributed by atoms with Crippen LogP contribution in [0.1, 0.15) is 11.4 Å². The molecule has 0 N–H and O–H groups in total. The van der Waals surface area contributed by atoms with Gasteiger partial charge in [0.05, 0.1) is 25.3 Å². The Morgan fingerprint density at radius 3 is 2.75 bits per heavy atom. The highest BCUT2D eigenvalue weighted by atomic mass is 32.2. The predicted molar refractivity (Wildman–Crippen MR) is 86.4 cm³/mol. The van der Waals surface area contributed by atoms with Gasteiger partial charge in [-0.05, 0) is 19.1 Å². The molecule has 1 aliphatic rings. The number of nitrogens with zero attached hydrogens (tertiary/aromatic N) is 6. The summed E-state index contributed by atoms with van der Waals surface area (Å²) in [7, 11) is -0.551. The molecule has 0 unspecified atom stereocenters. The van der Waals surface area contributed by atoms with Gasteiger partial charge in [0.1, 0.15) is 6.10 Å². The number of hydrogen-bond acceptors (Lipinski definition) is 6. The summed E-state index contributed by atoms with van der Waals surface area (Å²) >= 11 is 0. The Balaban J connectivity index is 1.89. The zero-order valence-electron chi connectivity index (χ0n) is 13.8. The SMILES string of the molecule is Cc1ccnc(O[C@@H]2CN(S(=O)(=O)N(C)C)Cc3ccnn3C2)n1. The Kier molecular flexibility index (Phi) is 4.52. The monoisotopic (exact) mass is 352 g/mol. The van der Waals surface area contributed by atoms with Crippen LogP contribution < -0.4 is 4.74 Å². The third-order valence-electron chi connectivity index (χ3n) is 3.76. The second-order valence-corrected chi connectivity index (χ2v) is 7.95. The molecule has 0 radical (unpaired) electrons. The minimum Gasteiger partial charge on any atom is -0.457 e. The third-order valence-corrected chi connectivity index (χ3v) is 5.61. The zero-order valence-corrected chi connectivity index (χ0v) is 14.6. The van der Waals surface area contributed by atoms with Crippen LogP contribution in [0.2, 0.25) is 0 Å². The molecule has 1 aliphatic heterocycles. The summed E-state index contributed by atoms with van der Waals surface area (Å²) < 4.78 is 35.3. The number of ether oxygens (including phenoxy) is 1. The predicted octanol–water partition coefficient (Wildman–Crippen LogP) is 0.0511. The molecule has 2 aromatic heterocycles. The Morgan fingerprint density at radius 1 is 1.25 bits per heavy atom. The van der Waals surface area contributed by atoms with E-state index < -0.39 is 16.3 Å². The van der Waals surface area contributed by atoms with E-state index in [2.05, 4.69) is 15.1 Å². The average molecular weight is 352 g/mol. The van der Waals surface area contributed by atoms with Gasteiger partial charge in [-0.25, -0.2) is 9.97 Å². The molecule has 10 heteroatoms. The molecular formula is C14H20N6O3S. The van der Waals surface area contributed by atoms with Gasteiger partial charge in [0.2, 0.25) is 0 Å². The molecule has 3 heterocycles. The van der Waals surface area contributed by atoms with Crippen molar-refractivity contribution in [1.82, 2.24) is 28.4 Å². The van der Waals surface area contributed by atoms with Crippen molar-refractivity contribution in [1.29, 1.82) is 0 Å². The Bertz CT molecular complexity index is 819. The van der Waals surface area contributed by atoms with Gasteiger partial charge >= 0.3 is 6.01 Å². The van der Waals surface area contributed by atoms with Gasteiger partial charge in [-0.15, -0.1) is 0 Å². The van der Waals surface area contributed by atoms with Crippen LogP contribution in [0.4, 0.5) is 0 Å². The van der Waals surface area contributed by atoms with Crippen molar-refractivity contribution in [2.24, 2.45) is 0 Å². The minimum atomic E-state index is -3.57. The molecule has 1 atom stereocenters. The normalized spacial score (nSPS) is 19.1. The van der Waals surface area contributed by atoms with E-state index in [1.807, 2.05) is 13.0 Å². The van der Waals surface area contributed by atoms with Gasteiger partial charge in [-0.2, -0.15) is 22.1 Å². The first-order chi connectivity index (χ1) is 11.4. The standard InChI is InChI=1S/C14H20N6O3S/c1-11-4-6-15-14(17-11)23-13-9-19(24(21,22)18(2)3)8-12-5-7-16-20(12)10-13/h4-7,13H,8-10H2,1-3H3/t13-/m1/s1. The molecule has 0 amide bonds. The number of aryl methyl sites for hydroxylation is 1. The van der Waals surface area contributed by atoms with E-state index in [-0.39, 0.29) is 19.1 Å². The van der Waals surface area contributed by atoms with Crippen molar-refractivity contribution in [3.05, 3.63) is 35.9 Å². The highest BCUT2D eigenvalue weighted by molar-refractivity contribution is 7.86. The fourth-order valence-electron chi connectivity index (χ4n) is 2.49. The molecule has 0 saturated heterocycles. The van der Waals surface area contributed by atoms with Gasteiger partial charge in [-0.3, -0.25) is 4.68 Å². The second-order valence-electron chi connectivity index (χ2n) is 5.81. The minimum absolute atomic E-state index is 0.196. The van der Waals surface area contributed by atoms with Crippen LogP contribution in [0, 0.1) is 6.92 Å². The van der Waals surface area contributed by atoms with Crippen LogP contribution in [-0.4, -0.2) is 63.5 Å². The van der Waals surface area contributed by atoms with Gasteiger partial charge < -0.3 is 4.74 Å². The van der Waals surface area contributed by atoms with Crippen molar-refractivity contribution in [3.8, 4) is 6.01 Å². The lowest BCUT2D eigenvalue weighted by Crippen LogP contribution is -2.44. The van der Waals surface area contributed by atoms with Crippen LogP contribution >= 0.6 is 0 Å². The van der Waals surface area contributed by atoms with Crippen molar-refractivity contribution in [2.45, 2.75) is 26.1 Å².